The van der Waals surface area contributed by atoms with Crippen LogP contribution in [-0.2, 0) is 9.53 Å². The van der Waals surface area contributed by atoms with E-state index < -0.39 is 34.4 Å². The van der Waals surface area contributed by atoms with Gasteiger partial charge >= 0.3 is 17.3 Å². The molecule has 0 spiro atoms. The lowest BCUT2D eigenvalue weighted by Gasteiger charge is -2.10. The third-order valence-electron chi connectivity index (χ3n) is 4.00. The minimum atomic E-state index is -0.793. The van der Waals surface area contributed by atoms with Crippen LogP contribution in [0.15, 0.2) is 55.6 Å². The number of carbonyl (C=O) groups is 1. The number of hydrogen-bond acceptors (Lipinski definition) is 8. The van der Waals surface area contributed by atoms with Crippen molar-refractivity contribution in [1.29, 1.82) is 0 Å². The van der Waals surface area contributed by atoms with Gasteiger partial charge in [-0.05, 0) is 25.1 Å². The van der Waals surface area contributed by atoms with E-state index in [-0.39, 0.29) is 23.3 Å². The predicted octanol–water partition coefficient (Wildman–Crippen LogP) is 2.18. The molecule has 1 heterocycles. The molecule has 12 heteroatoms. The fourth-order valence-corrected chi connectivity index (χ4v) is 3.16. The van der Waals surface area contributed by atoms with Crippen LogP contribution in [0.25, 0.3) is 10.9 Å². The molecule has 0 saturated heterocycles. The summed E-state index contributed by atoms with van der Waals surface area (Å²) in [6.45, 7) is 1.15. The van der Waals surface area contributed by atoms with Crippen LogP contribution in [0.5, 0.6) is 5.75 Å². The van der Waals surface area contributed by atoms with Crippen LogP contribution in [0.2, 0.25) is 0 Å². The summed E-state index contributed by atoms with van der Waals surface area (Å²) in [5.74, 6) is -0.986. The summed E-state index contributed by atoms with van der Waals surface area (Å²) >= 11 is 3.16. The molecule has 0 aliphatic carbocycles. The van der Waals surface area contributed by atoms with Crippen molar-refractivity contribution in [3.05, 3.63) is 77.4 Å². The smallest absolute Gasteiger partial charge is 0.349 e. The number of ether oxygens (including phenoxy) is 2. The molecule has 160 valence electrons. The van der Waals surface area contributed by atoms with Gasteiger partial charge < -0.3 is 14.5 Å². The molecule has 0 saturated carbocycles. The molecule has 0 amide bonds. The van der Waals surface area contributed by atoms with Gasteiger partial charge in [0.05, 0.1) is 28.6 Å². The monoisotopic (exact) mass is 490 g/mol. The lowest BCUT2D eigenvalue weighted by Crippen LogP contribution is -2.32. The minimum absolute atomic E-state index is 0.0600. The van der Waals surface area contributed by atoms with Gasteiger partial charge in [0, 0.05) is 16.1 Å². The number of benzene rings is 2. The summed E-state index contributed by atoms with van der Waals surface area (Å²) in [6, 6.07) is 9.01. The van der Waals surface area contributed by atoms with Gasteiger partial charge in [0.15, 0.2) is 6.61 Å². The van der Waals surface area contributed by atoms with E-state index in [0.717, 1.165) is 6.21 Å². The topological polar surface area (TPSA) is 146 Å². The number of nitro benzene ring substituents is 1. The average molecular weight is 491 g/mol. The second-order valence-electron chi connectivity index (χ2n) is 6.03. The Morgan fingerprint density at radius 3 is 2.77 bits per heavy atom. The molecular formula is C19H15BrN4O7. The number of nitro groups is 1. The standard InChI is InChI=1S/C19H15BrN4O7/c1-2-30-16(25)10-31-17-11(7-12(20)8-15(17)24(28)29)9-21-23-18(26)13-5-3-4-6-14(13)22-19(23)27/h3-9H,2,10H2,1H3,(H,22,27). The Hall–Kier alpha value is -3.80. The molecule has 0 aliphatic heterocycles. The van der Waals surface area contributed by atoms with Gasteiger partial charge in [-0.15, -0.1) is 4.68 Å². The zero-order valence-electron chi connectivity index (χ0n) is 16.0. The lowest BCUT2D eigenvalue weighted by molar-refractivity contribution is -0.385. The number of nitrogens with one attached hydrogen (secondary N) is 1. The SMILES string of the molecule is CCOC(=O)COc1c(C=Nn2c(=O)[nH]c3ccccc3c2=O)cc(Br)cc1[N+](=O)[O-]. The van der Waals surface area contributed by atoms with Crippen molar-refractivity contribution in [3.63, 3.8) is 0 Å². The highest BCUT2D eigenvalue weighted by Gasteiger charge is 2.22. The summed E-state index contributed by atoms with van der Waals surface area (Å²) in [6.07, 6.45) is 1.06. The summed E-state index contributed by atoms with van der Waals surface area (Å²) in [7, 11) is 0. The maximum atomic E-state index is 12.6. The number of para-hydroxylation sites is 1. The molecule has 3 rings (SSSR count). The first kappa shape index (κ1) is 21.9. The van der Waals surface area contributed by atoms with E-state index in [0.29, 0.717) is 14.7 Å². The van der Waals surface area contributed by atoms with Gasteiger partial charge in [0.2, 0.25) is 5.75 Å². The number of H-pyrrole nitrogens is 1. The van der Waals surface area contributed by atoms with Gasteiger partial charge in [-0.2, -0.15) is 5.10 Å². The Bertz CT molecular complexity index is 1310. The van der Waals surface area contributed by atoms with E-state index in [1.54, 1.807) is 25.1 Å². The Balaban J connectivity index is 2.08. The van der Waals surface area contributed by atoms with Crippen LogP contribution >= 0.6 is 15.9 Å². The molecule has 0 atom stereocenters. The number of aromatic nitrogens is 2. The Morgan fingerprint density at radius 1 is 1.32 bits per heavy atom. The first-order valence-corrected chi connectivity index (χ1v) is 9.66. The fraction of sp³-hybridized carbons (Fsp3) is 0.158. The first-order valence-electron chi connectivity index (χ1n) is 8.86. The summed E-state index contributed by atoms with van der Waals surface area (Å²) in [5, 5.41) is 15.6. The zero-order chi connectivity index (χ0) is 22.5. The van der Waals surface area contributed by atoms with Crippen molar-refractivity contribution in [2.45, 2.75) is 6.92 Å². The first-order chi connectivity index (χ1) is 14.8. The molecular weight excluding hydrogens is 476 g/mol. The van der Waals surface area contributed by atoms with Gasteiger partial charge in [-0.25, -0.2) is 9.59 Å². The van der Waals surface area contributed by atoms with Gasteiger partial charge in [-0.3, -0.25) is 14.9 Å². The third-order valence-corrected chi connectivity index (χ3v) is 4.45. The summed E-state index contributed by atoms with van der Waals surface area (Å²) in [5.41, 5.74) is -1.50. The maximum Gasteiger partial charge on any atom is 0.349 e. The molecule has 1 aromatic heterocycles. The van der Waals surface area contributed by atoms with Crippen LogP contribution in [0.1, 0.15) is 12.5 Å². The number of nitrogens with zero attached hydrogens (tertiary/aromatic N) is 3. The molecule has 3 aromatic rings. The van der Waals surface area contributed by atoms with Crippen LogP contribution in [0.4, 0.5) is 5.69 Å². The van der Waals surface area contributed by atoms with E-state index in [9.17, 15) is 24.5 Å². The second kappa shape index (κ2) is 9.34. The van der Waals surface area contributed by atoms with E-state index in [1.165, 1.54) is 18.2 Å². The Labute approximate surface area is 182 Å². The molecule has 0 unspecified atom stereocenters. The summed E-state index contributed by atoms with van der Waals surface area (Å²) < 4.78 is 11.0. The van der Waals surface area contributed by atoms with E-state index in [4.69, 9.17) is 9.47 Å². The van der Waals surface area contributed by atoms with Crippen molar-refractivity contribution in [3.8, 4) is 5.75 Å². The van der Waals surface area contributed by atoms with Crippen LogP contribution in [-0.4, -0.2) is 40.0 Å². The molecule has 11 nitrogen and oxygen atoms in total. The zero-order valence-corrected chi connectivity index (χ0v) is 17.6. The summed E-state index contributed by atoms with van der Waals surface area (Å²) in [4.78, 5) is 49.8. The number of esters is 1. The van der Waals surface area contributed by atoms with Crippen molar-refractivity contribution in [2.24, 2.45) is 5.10 Å². The molecule has 0 fully saturated rings. The number of fused-ring (bicyclic) bond motifs is 1. The average Bonchev–Trinajstić information content (AvgIpc) is 2.72. The van der Waals surface area contributed by atoms with Gasteiger partial charge in [-0.1, -0.05) is 28.1 Å². The second-order valence-corrected chi connectivity index (χ2v) is 6.95. The van der Waals surface area contributed by atoms with E-state index in [1.807, 2.05) is 0 Å². The highest BCUT2D eigenvalue weighted by Crippen LogP contribution is 2.34. The van der Waals surface area contributed by atoms with Crippen LogP contribution < -0.4 is 16.0 Å². The number of aromatic amines is 1. The van der Waals surface area contributed by atoms with Crippen molar-refractivity contribution in [2.75, 3.05) is 13.2 Å². The minimum Gasteiger partial charge on any atom is -0.474 e. The molecule has 0 radical (unpaired) electrons. The van der Waals surface area contributed by atoms with Crippen molar-refractivity contribution in [1.82, 2.24) is 9.66 Å². The van der Waals surface area contributed by atoms with E-state index in [2.05, 4.69) is 26.0 Å². The van der Waals surface area contributed by atoms with Crippen LogP contribution in [0.3, 0.4) is 0 Å². The maximum absolute atomic E-state index is 12.6. The largest absolute Gasteiger partial charge is 0.474 e. The number of rotatable bonds is 7. The van der Waals surface area contributed by atoms with Crippen molar-refractivity contribution < 1.29 is 19.2 Å². The predicted molar refractivity (Wildman–Crippen MR) is 115 cm³/mol. The fourth-order valence-electron chi connectivity index (χ4n) is 2.70. The Morgan fingerprint density at radius 2 is 2.06 bits per heavy atom. The Kier molecular flexibility index (Phi) is 6.60. The molecule has 0 aliphatic rings. The molecule has 0 bridgehead atoms. The highest BCUT2D eigenvalue weighted by molar-refractivity contribution is 9.10. The quantitative estimate of drug-likeness (QED) is 0.231. The molecule has 1 N–H and O–H groups in total. The molecule has 2 aromatic carbocycles. The number of halogens is 1. The lowest BCUT2D eigenvalue weighted by atomic mass is 10.2. The number of hydrogen-bond donors (Lipinski definition) is 1. The van der Waals surface area contributed by atoms with E-state index >= 15 is 0 Å². The number of carbonyl (C=O) groups excluding carboxylic acids is 1. The third kappa shape index (κ3) is 4.86. The highest BCUT2D eigenvalue weighted by atomic mass is 79.9. The van der Waals surface area contributed by atoms with Crippen LogP contribution in [0, 0.1) is 10.1 Å². The molecule has 31 heavy (non-hydrogen) atoms. The van der Waals surface area contributed by atoms with Gasteiger partial charge in [0.1, 0.15) is 0 Å². The van der Waals surface area contributed by atoms with Gasteiger partial charge in [0.25, 0.3) is 5.56 Å². The normalized spacial score (nSPS) is 11.0. The van der Waals surface area contributed by atoms with Crippen molar-refractivity contribution >= 4 is 44.7 Å².